The van der Waals surface area contributed by atoms with Crippen LogP contribution in [0.5, 0.6) is 0 Å². The molecule has 5 rings (SSSR count). The number of nitrogens with one attached hydrogen (secondary N) is 3. The Morgan fingerprint density at radius 3 is 2.89 bits per heavy atom. The van der Waals surface area contributed by atoms with Crippen molar-refractivity contribution in [2.24, 2.45) is 0 Å². The number of anilines is 2. The highest BCUT2D eigenvalue weighted by molar-refractivity contribution is 5.84. The highest BCUT2D eigenvalue weighted by Crippen LogP contribution is 2.22. The zero-order valence-electron chi connectivity index (χ0n) is 14.8. The van der Waals surface area contributed by atoms with Crippen molar-refractivity contribution in [3.63, 3.8) is 0 Å². The smallest absolute Gasteiger partial charge is 0.135 e. The molecule has 0 radical (unpaired) electrons. The lowest BCUT2D eigenvalue weighted by molar-refractivity contribution is 0.973. The molecule has 0 saturated heterocycles. The van der Waals surface area contributed by atoms with Crippen LogP contribution in [0.25, 0.3) is 21.9 Å². The molecule has 0 aliphatic carbocycles. The van der Waals surface area contributed by atoms with Crippen LogP contribution in [-0.2, 0) is 6.42 Å². The zero-order valence-corrected chi connectivity index (χ0v) is 14.8. The molecule has 27 heavy (non-hydrogen) atoms. The third kappa shape index (κ3) is 3.13. The monoisotopic (exact) mass is 354 g/mol. The van der Waals surface area contributed by atoms with Crippen molar-refractivity contribution in [1.29, 1.82) is 0 Å². The van der Waals surface area contributed by atoms with E-state index in [-0.39, 0.29) is 0 Å². The summed E-state index contributed by atoms with van der Waals surface area (Å²) in [6.45, 7) is 2.06. The van der Waals surface area contributed by atoms with E-state index in [1.165, 1.54) is 5.39 Å². The number of hydrogen-bond donors (Lipinski definition) is 3. The Morgan fingerprint density at radius 1 is 0.963 bits per heavy atom. The molecule has 0 amide bonds. The Balaban J connectivity index is 1.38. The fourth-order valence-corrected chi connectivity index (χ4v) is 3.33. The summed E-state index contributed by atoms with van der Waals surface area (Å²) in [5.41, 5.74) is 6.43. The van der Waals surface area contributed by atoms with Gasteiger partial charge in [-0.3, -0.25) is 0 Å². The third-order valence-electron chi connectivity index (χ3n) is 4.58. The van der Waals surface area contributed by atoms with E-state index in [9.17, 15) is 0 Å². The van der Waals surface area contributed by atoms with Crippen LogP contribution in [0.1, 0.15) is 17.1 Å². The third-order valence-corrected chi connectivity index (χ3v) is 4.58. The molecule has 132 valence electrons. The van der Waals surface area contributed by atoms with Gasteiger partial charge < -0.3 is 15.3 Å². The average molecular weight is 354 g/mol. The molecule has 0 spiro atoms. The standard InChI is InChI=1S/C21H18N6/c1-13-8-15-11-16(3-5-17(15)25-13)26-20-6-7-22-21(27-20)10-14-2-4-18-19(9-14)24-12-23-18/h2-9,11-12,25H,10H2,1H3,(H,23,24)(H,22,26,27). The number of H-pyrrole nitrogens is 2. The molecular formula is C21H18N6. The largest absolute Gasteiger partial charge is 0.359 e. The van der Waals surface area contributed by atoms with Crippen LogP contribution in [0.4, 0.5) is 11.5 Å². The van der Waals surface area contributed by atoms with Crippen molar-refractivity contribution in [2.45, 2.75) is 13.3 Å². The Kier molecular flexibility index (Phi) is 3.60. The summed E-state index contributed by atoms with van der Waals surface area (Å²) >= 11 is 0. The molecule has 0 saturated carbocycles. The van der Waals surface area contributed by atoms with Crippen LogP contribution >= 0.6 is 0 Å². The van der Waals surface area contributed by atoms with Crippen LogP contribution in [0.2, 0.25) is 0 Å². The van der Waals surface area contributed by atoms with Crippen molar-refractivity contribution in [1.82, 2.24) is 24.9 Å². The second kappa shape index (κ2) is 6.25. The molecule has 3 N–H and O–H groups in total. The van der Waals surface area contributed by atoms with Gasteiger partial charge in [-0.2, -0.15) is 0 Å². The number of imidazole rings is 1. The Morgan fingerprint density at radius 2 is 1.93 bits per heavy atom. The lowest BCUT2D eigenvalue weighted by Gasteiger charge is -2.07. The summed E-state index contributed by atoms with van der Waals surface area (Å²) in [5.74, 6) is 1.56. The minimum absolute atomic E-state index is 0.667. The molecule has 0 bridgehead atoms. The van der Waals surface area contributed by atoms with Gasteiger partial charge in [-0.05, 0) is 55.0 Å². The molecule has 3 aromatic heterocycles. The number of aryl methyl sites for hydroxylation is 1. The lowest BCUT2D eigenvalue weighted by Crippen LogP contribution is -2.00. The maximum atomic E-state index is 4.66. The topological polar surface area (TPSA) is 82.3 Å². The first-order valence-corrected chi connectivity index (χ1v) is 8.83. The number of benzene rings is 2. The van der Waals surface area contributed by atoms with E-state index in [4.69, 9.17) is 0 Å². The van der Waals surface area contributed by atoms with Gasteiger partial charge >= 0.3 is 0 Å². The van der Waals surface area contributed by atoms with Gasteiger partial charge in [0.05, 0.1) is 17.4 Å². The highest BCUT2D eigenvalue weighted by Gasteiger charge is 2.05. The van der Waals surface area contributed by atoms with Crippen LogP contribution in [0.15, 0.2) is 61.1 Å². The first-order valence-electron chi connectivity index (χ1n) is 8.83. The average Bonchev–Trinajstić information content (AvgIpc) is 3.26. The Bertz CT molecular complexity index is 1250. The molecule has 6 nitrogen and oxygen atoms in total. The maximum absolute atomic E-state index is 4.66. The summed E-state index contributed by atoms with van der Waals surface area (Å²) in [7, 11) is 0. The van der Waals surface area contributed by atoms with Crippen molar-refractivity contribution in [3.8, 4) is 0 Å². The van der Waals surface area contributed by atoms with Crippen molar-refractivity contribution < 1.29 is 0 Å². The predicted molar refractivity (Wildman–Crippen MR) is 107 cm³/mol. The number of hydrogen-bond acceptors (Lipinski definition) is 4. The first kappa shape index (κ1) is 15.6. The molecule has 0 aliphatic heterocycles. The number of rotatable bonds is 4. The van der Waals surface area contributed by atoms with E-state index in [0.717, 1.165) is 45.1 Å². The van der Waals surface area contributed by atoms with E-state index in [1.807, 2.05) is 18.2 Å². The first-order chi connectivity index (χ1) is 13.2. The minimum atomic E-state index is 0.667. The minimum Gasteiger partial charge on any atom is -0.359 e. The van der Waals surface area contributed by atoms with E-state index in [1.54, 1.807) is 12.5 Å². The molecule has 2 aromatic carbocycles. The van der Waals surface area contributed by atoms with Gasteiger partial charge in [-0.25, -0.2) is 15.0 Å². The Hall–Kier alpha value is -3.67. The number of nitrogens with zero attached hydrogens (tertiary/aromatic N) is 3. The van der Waals surface area contributed by atoms with Gasteiger partial charge in [0, 0.05) is 34.9 Å². The van der Waals surface area contributed by atoms with Crippen molar-refractivity contribution in [3.05, 3.63) is 78.1 Å². The molecular weight excluding hydrogens is 336 g/mol. The normalized spacial score (nSPS) is 11.3. The van der Waals surface area contributed by atoms with Crippen LogP contribution < -0.4 is 5.32 Å². The summed E-state index contributed by atoms with van der Waals surface area (Å²) in [6, 6.07) is 16.4. The van der Waals surface area contributed by atoms with Gasteiger partial charge in [0.25, 0.3) is 0 Å². The van der Waals surface area contributed by atoms with Gasteiger partial charge in [-0.15, -0.1) is 0 Å². The molecule has 3 heterocycles. The van der Waals surface area contributed by atoms with E-state index < -0.39 is 0 Å². The molecule has 5 aromatic rings. The van der Waals surface area contributed by atoms with E-state index in [0.29, 0.717) is 6.42 Å². The van der Waals surface area contributed by atoms with Gasteiger partial charge in [0.2, 0.25) is 0 Å². The lowest BCUT2D eigenvalue weighted by atomic mass is 10.1. The van der Waals surface area contributed by atoms with Crippen LogP contribution in [-0.4, -0.2) is 24.9 Å². The van der Waals surface area contributed by atoms with Crippen molar-refractivity contribution >= 4 is 33.4 Å². The fraction of sp³-hybridized carbons (Fsp3) is 0.0952. The van der Waals surface area contributed by atoms with Crippen molar-refractivity contribution in [2.75, 3.05) is 5.32 Å². The molecule has 6 heteroatoms. The SMILES string of the molecule is Cc1cc2cc(Nc3ccnc(Cc4ccc5nc[nH]c5c4)n3)ccc2[nH]1. The molecule has 0 unspecified atom stereocenters. The van der Waals surface area contributed by atoms with Crippen LogP contribution in [0, 0.1) is 6.92 Å². The second-order valence-corrected chi connectivity index (χ2v) is 6.67. The molecule has 0 atom stereocenters. The van der Waals surface area contributed by atoms with E-state index in [2.05, 4.69) is 67.5 Å². The second-order valence-electron chi connectivity index (χ2n) is 6.67. The van der Waals surface area contributed by atoms with E-state index >= 15 is 0 Å². The Labute approximate surface area is 155 Å². The molecule has 0 fully saturated rings. The number of aromatic nitrogens is 5. The number of aromatic amines is 2. The maximum Gasteiger partial charge on any atom is 0.135 e. The number of fused-ring (bicyclic) bond motifs is 2. The summed E-state index contributed by atoms with van der Waals surface area (Å²) < 4.78 is 0. The van der Waals surface area contributed by atoms with Gasteiger partial charge in [0.1, 0.15) is 11.6 Å². The molecule has 0 aliphatic rings. The van der Waals surface area contributed by atoms with Gasteiger partial charge in [0.15, 0.2) is 0 Å². The fourth-order valence-electron chi connectivity index (χ4n) is 3.33. The summed E-state index contributed by atoms with van der Waals surface area (Å²) in [5, 5.41) is 4.56. The predicted octanol–water partition coefficient (Wildman–Crippen LogP) is 4.48. The van der Waals surface area contributed by atoms with Crippen LogP contribution in [0.3, 0.4) is 0 Å². The quantitative estimate of drug-likeness (QED) is 0.444. The zero-order chi connectivity index (χ0) is 18.2. The summed E-state index contributed by atoms with van der Waals surface area (Å²) in [6.07, 6.45) is 4.16. The summed E-state index contributed by atoms with van der Waals surface area (Å²) in [4.78, 5) is 19.8. The van der Waals surface area contributed by atoms with Gasteiger partial charge in [-0.1, -0.05) is 6.07 Å². The highest BCUT2D eigenvalue weighted by atomic mass is 15.0.